The van der Waals surface area contributed by atoms with Crippen molar-refractivity contribution in [3.63, 3.8) is 0 Å². The number of rotatable bonds is 6. The van der Waals surface area contributed by atoms with Gasteiger partial charge < -0.3 is 11.1 Å². The van der Waals surface area contributed by atoms with E-state index >= 15 is 0 Å². The fraction of sp³-hybridized carbons (Fsp3) is 0.889. The van der Waals surface area contributed by atoms with Crippen LogP contribution in [0.15, 0.2) is 0 Å². The molecular formula is C9H18F2N2O. The Morgan fingerprint density at radius 2 is 1.86 bits per heavy atom. The number of nitrogens with one attached hydrogen (secondary N) is 1. The van der Waals surface area contributed by atoms with Gasteiger partial charge in [0.2, 0.25) is 5.91 Å². The number of hydrogen-bond donors (Lipinski definition) is 2. The van der Waals surface area contributed by atoms with Crippen molar-refractivity contribution >= 4 is 5.91 Å². The van der Waals surface area contributed by atoms with Gasteiger partial charge in [0.25, 0.3) is 0 Å². The largest absolute Gasteiger partial charge is 0.347 e. The zero-order chi connectivity index (χ0) is 11.1. The number of alkyl halides is 2. The lowest BCUT2D eigenvalue weighted by atomic mass is 10.0. The molecule has 5 heteroatoms. The van der Waals surface area contributed by atoms with Gasteiger partial charge in [-0.3, -0.25) is 4.79 Å². The maximum atomic E-state index is 12.0. The van der Waals surface area contributed by atoms with Gasteiger partial charge in [0.1, 0.15) is 13.3 Å². The molecule has 0 saturated heterocycles. The summed E-state index contributed by atoms with van der Waals surface area (Å²) in [4.78, 5) is 11.2. The van der Waals surface area contributed by atoms with Crippen molar-refractivity contribution in [1.82, 2.24) is 5.32 Å². The molecule has 0 radical (unpaired) electrons. The highest BCUT2D eigenvalue weighted by atomic mass is 19.1. The third-order valence-corrected chi connectivity index (χ3v) is 1.78. The van der Waals surface area contributed by atoms with Crippen molar-refractivity contribution in [1.29, 1.82) is 0 Å². The van der Waals surface area contributed by atoms with E-state index in [2.05, 4.69) is 5.32 Å². The van der Waals surface area contributed by atoms with E-state index in [4.69, 9.17) is 5.73 Å². The molecule has 0 rings (SSSR count). The number of hydrogen-bond acceptors (Lipinski definition) is 2. The normalized spacial score (nSPS) is 13.4. The molecule has 1 amide bonds. The van der Waals surface area contributed by atoms with Crippen LogP contribution in [0.25, 0.3) is 0 Å². The molecule has 1 atom stereocenters. The average molecular weight is 208 g/mol. The molecule has 0 saturated carbocycles. The van der Waals surface area contributed by atoms with Crippen molar-refractivity contribution in [2.75, 3.05) is 13.3 Å². The molecule has 0 heterocycles. The maximum absolute atomic E-state index is 12.0. The van der Waals surface area contributed by atoms with Crippen molar-refractivity contribution in [3.8, 4) is 0 Å². The summed E-state index contributed by atoms with van der Waals surface area (Å²) < 4.78 is 24.1. The van der Waals surface area contributed by atoms with Crippen LogP contribution in [0, 0.1) is 5.92 Å². The van der Waals surface area contributed by atoms with Crippen molar-refractivity contribution in [3.05, 3.63) is 0 Å². The van der Waals surface area contributed by atoms with Crippen LogP contribution in [0.3, 0.4) is 0 Å². The number of carbonyl (C=O) groups is 1. The minimum Gasteiger partial charge on any atom is -0.347 e. The van der Waals surface area contributed by atoms with Gasteiger partial charge in [-0.05, 0) is 12.3 Å². The van der Waals surface area contributed by atoms with Gasteiger partial charge in [0.05, 0.1) is 12.1 Å². The summed E-state index contributed by atoms with van der Waals surface area (Å²) in [6, 6.07) is -1.74. The summed E-state index contributed by atoms with van der Waals surface area (Å²) in [5.74, 6) is -0.205. The van der Waals surface area contributed by atoms with Crippen LogP contribution in [0.5, 0.6) is 0 Å². The Hall–Kier alpha value is -0.710. The van der Waals surface area contributed by atoms with Gasteiger partial charge in [-0.2, -0.15) is 0 Å². The molecule has 14 heavy (non-hydrogen) atoms. The molecule has 3 N–H and O–H groups in total. The standard InChI is InChI=1S/C9H18F2N2O/c1-6(2)3-8(12)9(14)13-7(4-10)5-11/h6-8H,3-5,12H2,1-2H3,(H,13,14)/t8-/m0/s1. The number of amides is 1. The van der Waals surface area contributed by atoms with Gasteiger partial charge >= 0.3 is 0 Å². The monoisotopic (exact) mass is 208 g/mol. The Balaban J connectivity index is 3.93. The molecule has 0 aliphatic carbocycles. The zero-order valence-electron chi connectivity index (χ0n) is 8.59. The van der Waals surface area contributed by atoms with Gasteiger partial charge in [-0.25, -0.2) is 8.78 Å². The molecule has 3 nitrogen and oxygen atoms in total. The lowest BCUT2D eigenvalue weighted by Crippen LogP contribution is -2.47. The third kappa shape index (κ3) is 5.11. The zero-order valence-corrected chi connectivity index (χ0v) is 8.59. The van der Waals surface area contributed by atoms with Gasteiger partial charge in [-0.1, -0.05) is 13.8 Å². The second-order valence-electron chi connectivity index (χ2n) is 3.75. The predicted molar refractivity (Wildman–Crippen MR) is 51.3 cm³/mol. The molecule has 0 bridgehead atoms. The third-order valence-electron chi connectivity index (χ3n) is 1.78. The maximum Gasteiger partial charge on any atom is 0.237 e. The summed E-state index contributed by atoms with van der Waals surface area (Å²) in [5, 5.41) is 2.21. The van der Waals surface area contributed by atoms with Crippen molar-refractivity contribution in [2.45, 2.75) is 32.4 Å². The first-order chi connectivity index (χ1) is 6.51. The highest BCUT2D eigenvalue weighted by Crippen LogP contribution is 2.02. The van der Waals surface area contributed by atoms with Gasteiger partial charge in [-0.15, -0.1) is 0 Å². The van der Waals surface area contributed by atoms with Crippen molar-refractivity contribution in [2.24, 2.45) is 11.7 Å². The molecule has 0 aliphatic heterocycles. The summed E-state index contributed by atoms with van der Waals surface area (Å²) in [7, 11) is 0. The Labute approximate surface area is 83.0 Å². The topological polar surface area (TPSA) is 55.1 Å². The SMILES string of the molecule is CC(C)C[C@H](N)C(=O)NC(CF)CF. The number of nitrogens with two attached hydrogens (primary N) is 1. The van der Waals surface area contributed by atoms with Crippen LogP contribution >= 0.6 is 0 Å². The summed E-state index contributed by atoms with van der Waals surface area (Å²) in [6.07, 6.45) is 0.511. The first kappa shape index (κ1) is 13.3. The predicted octanol–water partition coefficient (Wildman–Crippen LogP) is 0.784. The lowest BCUT2D eigenvalue weighted by molar-refractivity contribution is -0.123. The fourth-order valence-electron chi connectivity index (χ4n) is 1.04. The quantitative estimate of drug-likeness (QED) is 0.678. The number of halogens is 2. The van der Waals surface area contributed by atoms with E-state index < -0.39 is 31.3 Å². The van der Waals surface area contributed by atoms with E-state index in [0.29, 0.717) is 6.42 Å². The Kier molecular flexibility index (Phi) is 6.36. The first-order valence-corrected chi connectivity index (χ1v) is 4.69. The fourth-order valence-corrected chi connectivity index (χ4v) is 1.04. The summed E-state index contributed by atoms with van der Waals surface area (Å²) in [6.45, 7) is 2.04. The van der Waals surface area contributed by atoms with Crippen LogP contribution in [0.2, 0.25) is 0 Å². The molecular weight excluding hydrogens is 190 g/mol. The van der Waals surface area contributed by atoms with E-state index in [1.165, 1.54) is 0 Å². The minimum absolute atomic E-state index is 0.282. The van der Waals surface area contributed by atoms with Crippen molar-refractivity contribution < 1.29 is 13.6 Å². The highest BCUT2D eigenvalue weighted by Gasteiger charge is 2.18. The number of carbonyl (C=O) groups excluding carboxylic acids is 1. The second kappa shape index (κ2) is 6.70. The average Bonchev–Trinajstić information content (AvgIpc) is 2.12. The van der Waals surface area contributed by atoms with E-state index in [9.17, 15) is 13.6 Å². The van der Waals surface area contributed by atoms with Crippen LogP contribution in [-0.4, -0.2) is 31.3 Å². The molecule has 0 fully saturated rings. The lowest BCUT2D eigenvalue weighted by Gasteiger charge is -2.17. The molecule has 84 valence electrons. The Morgan fingerprint density at radius 3 is 2.21 bits per heavy atom. The van der Waals surface area contributed by atoms with Crippen LogP contribution < -0.4 is 11.1 Å². The molecule has 0 aliphatic rings. The Bertz CT molecular complexity index is 172. The molecule has 0 unspecified atom stereocenters. The van der Waals surface area contributed by atoms with E-state index in [1.54, 1.807) is 0 Å². The van der Waals surface area contributed by atoms with E-state index in [1.807, 2.05) is 13.8 Å². The van der Waals surface area contributed by atoms with Gasteiger partial charge in [0.15, 0.2) is 0 Å². The van der Waals surface area contributed by atoms with Crippen LogP contribution in [0.1, 0.15) is 20.3 Å². The summed E-state index contributed by atoms with van der Waals surface area (Å²) >= 11 is 0. The van der Waals surface area contributed by atoms with Gasteiger partial charge in [0, 0.05) is 0 Å². The van der Waals surface area contributed by atoms with E-state index in [0.717, 1.165) is 0 Å². The summed E-state index contributed by atoms with van der Waals surface area (Å²) in [5.41, 5.74) is 5.52. The first-order valence-electron chi connectivity index (χ1n) is 4.69. The molecule has 0 aromatic heterocycles. The highest BCUT2D eigenvalue weighted by molar-refractivity contribution is 5.81. The smallest absolute Gasteiger partial charge is 0.237 e. The van der Waals surface area contributed by atoms with Crippen LogP contribution in [0.4, 0.5) is 8.78 Å². The minimum atomic E-state index is -1.05. The molecule has 0 spiro atoms. The molecule has 0 aromatic carbocycles. The Morgan fingerprint density at radius 1 is 1.36 bits per heavy atom. The van der Waals surface area contributed by atoms with E-state index in [-0.39, 0.29) is 5.92 Å². The molecule has 0 aromatic rings. The van der Waals surface area contributed by atoms with Crippen LogP contribution in [-0.2, 0) is 4.79 Å². The second-order valence-corrected chi connectivity index (χ2v) is 3.75.